The summed E-state index contributed by atoms with van der Waals surface area (Å²) >= 11 is 3.73. The summed E-state index contributed by atoms with van der Waals surface area (Å²) < 4.78 is 6.61. The number of amides is 1. The number of carbonyl (C=O) groups excluding carboxylic acids is 1. The normalized spacial score (nSPS) is 19.2. The molecule has 2 aromatic carbocycles. The minimum Gasteiger partial charge on any atom is -0.456 e. The molecule has 4 heteroatoms. The number of hydrogen-bond donors (Lipinski definition) is 0. The molecule has 3 nitrogen and oxygen atoms in total. The third kappa shape index (κ3) is 2.98. The van der Waals surface area contributed by atoms with Crippen molar-refractivity contribution in [2.45, 2.75) is 44.4 Å². The van der Waals surface area contributed by atoms with Gasteiger partial charge in [0.25, 0.3) is 0 Å². The van der Waals surface area contributed by atoms with Crippen LogP contribution in [-0.2, 0) is 11.2 Å². The zero-order valence-electron chi connectivity index (χ0n) is 16.3. The van der Waals surface area contributed by atoms with Gasteiger partial charge in [-0.2, -0.15) is 0 Å². The molecule has 144 valence electrons. The third-order valence-electron chi connectivity index (χ3n) is 5.97. The van der Waals surface area contributed by atoms with E-state index in [1.54, 1.807) is 0 Å². The van der Waals surface area contributed by atoms with Gasteiger partial charge in [0.1, 0.15) is 11.5 Å². The van der Waals surface area contributed by atoms with Crippen molar-refractivity contribution < 1.29 is 9.53 Å². The second kappa shape index (κ2) is 6.77. The third-order valence-corrected chi connectivity index (χ3v) is 6.46. The number of alkyl halides is 1. The first-order chi connectivity index (χ1) is 13.5. The lowest BCUT2D eigenvalue weighted by Gasteiger charge is -2.26. The summed E-state index contributed by atoms with van der Waals surface area (Å²) in [6.07, 6.45) is 3.80. The maximum atomic E-state index is 12.9. The molecule has 1 atom stereocenters. The van der Waals surface area contributed by atoms with Crippen LogP contribution in [0.1, 0.15) is 53.3 Å². The molecular formula is C24H24BrNO2. The smallest absolute Gasteiger partial charge is 0.230 e. The van der Waals surface area contributed by atoms with Crippen LogP contribution in [0.25, 0.3) is 5.76 Å². The molecule has 1 saturated carbocycles. The Balaban J connectivity index is 1.61. The number of rotatable bonds is 2. The minimum atomic E-state index is 0.213. The van der Waals surface area contributed by atoms with E-state index in [9.17, 15) is 4.79 Å². The van der Waals surface area contributed by atoms with Gasteiger partial charge >= 0.3 is 0 Å². The van der Waals surface area contributed by atoms with Crippen LogP contribution in [0.3, 0.4) is 0 Å². The number of benzene rings is 2. The second-order valence-electron chi connectivity index (χ2n) is 8.20. The van der Waals surface area contributed by atoms with E-state index >= 15 is 0 Å². The van der Waals surface area contributed by atoms with Gasteiger partial charge in [0.05, 0.1) is 5.69 Å². The summed E-state index contributed by atoms with van der Waals surface area (Å²) in [7, 11) is 0. The number of halogens is 1. The Labute approximate surface area is 174 Å². The summed E-state index contributed by atoms with van der Waals surface area (Å²) in [6.45, 7) is 5.01. The summed E-state index contributed by atoms with van der Waals surface area (Å²) in [5.41, 5.74) is 7.03. The van der Waals surface area contributed by atoms with Crippen LogP contribution in [0.2, 0.25) is 0 Å². The van der Waals surface area contributed by atoms with Gasteiger partial charge < -0.3 is 9.64 Å². The fourth-order valence-corrected chi connectivity index (χ4v) is 4.75. The predicted octanol–water partition coefficient (Wildman–Crippen LogP) is 5.94. The van der Waals surface area contributed by atoms with Crippen LogP contribution < -0.4 is 9.64 Å². The number of nitrogens with zero attached hydrogens (tertiary/aromatic N) is 1. The Morgan fingerprint density at radius 1 is 1.25 bits per heavy atom. The first kappa shape index (κ1) is 18.0. The van der Waals surface area contributed by atoms with E-state index in [0.29, 0.717) is 0 Å². The first-order valence-corrected chi connectivity index (χ1v) is 11.0. The fourth-order valence-electron chi connectivity index (χ4n) is 4.41. The molecule has 0 spiro atoms. The lowest BCUT2D eigenvalue weighted by atomic mass is 9.92. The van der Waals surface area contributed by atoms with Crippen LogP contribution in [-0.4, -0.2) is 12.5 Å². The van der Waals surface area contributed by atoms with Gasteiger partial charge in [0, 0.05) is 34.8 Å². The highest BCUT2D eigenvalue weighted by Crippen LogP contribution is 2.46. The van der Waals surface area contributed by atoms with E-state index < -0.39 is 0 Å². The molecule has 5 rings (SSSR count). The molecule has 0 bridgehead atoms. The van der Waals surface area contributed by atoms with Crippen molar-refractivity contribution in [2.75, 3.05) is 11.4 Å². The zero-order valence-corrected chi connectivity index (χ0v) is 17.9. The van der Waals surface area contributed by atoms with Gasteiger partial charge in [-0.3, -0.25) is 4.79 Å². The van der Waals surface area contributed by atoms with Crippen molar-refractivity contribution in [1.29, 1.82) is 0 Å². The van der Waals surface area contributed by atoms with Crippen molar-refractivity contribution in [3.8, 4) is 5.75 Å². The van der Waals surface area contributed by atoms with Crippen molar-refractivity contribution in [3.63, 3.8) is 0 Å². The molecule has 28 heavy (non-hydrogen) atoms. The molecule has 1 fully saturated rings. The fraction of sp³-hybridized carbons (Fsp3) is 0.375. The molecule has 0 N–H and O–H groups in total. The zero-order chi connectivity index (χ0) is 19.4. The molecule has 1 amide bonds. The SMILES string of the molecule is Cc1cc2c(c(C(C)Br)c1)OC1=C(CCN(C(=O)C3CC3)c3ccccc31)C2. The van der Waals surface area contributed by atoms with E-state index in [1.807, 2.05) is 17.0 Å². The maximum absolute atomic E-state index is 12.9. The molecule has 2 aromatic rings. The van der Waals surface area contributed by atoms with Gasteiger partial charge in [0.15, 0.2) is 0 Å². The van der Waals surface area contributed by atoms with Crippen LogP contribution >= 0.6 is 15.9 Å². The summed E-state index contributed by atoms with van der Waals surface area (Å²) in [5.74, 6) is 2.41. The van der Waals surface area contributed by atoms with Crippen molar-refractivity contribution in [3.05, 3.63) is 64.2 Å². The molecule has 0 aromatic heterocycles. The monoisotopic (exact) mass is 437 g/mol. The van der Waals surface area contributed by atoms with Crippen molar-refractivity contribution in [2.24, 2.45) is 5.92 Å². The van der Waals surface area contributed by atoms with Gasteiger partial charge in [-0.1, -0.05) is 45.8 Å². The highest BCUT2D eigenvalue weighted by atomic mass is 79.9. The Bertz CT molecular complexity index is 1000. The Morgan fingerprint density at radius 2 is 2.04 bits per heavy atom. The van der Waals surface area contributed by atoms with E-state index in [0.717, 1.165) is 55.0 Å². The van der Waals surface area contributed by atoms with Crippen LogP contribution in [0.15, 0.2) is 42.0 Å². The number of anilines is 1. The highest BCUT2D eigenvalue weighted by Gasteiger charge is 2.37. The number of aryl methyl sites for hydroxylation is 1. The molecule has 3 aliphatic rings. The average molecular weight is 438 g/mol. The molecular weight excluding hydrogens is 414 g/mol. The number of ether oxygens (including phenoxy) is 1. The molecule has 0 saturated heterocycles. The Kier molecular flexibility index (Phi) is 4.35. The van der Waals surface area contributed by atoms with Gasteiger partial charge in [-0.05, 0) is 56.4 Å². The Morgan fingerprint density at radius 3 is 2.79 bits per heavy atom. The van der Waals surface area contributed by atoms with E-state index in [1.165, 1.54) is 22.3 Å². The molecule has 2 heterocycles. The standard InChI is InChI=1S/C24H24BrNO2/c1-14-11-18-13-17-9-10-26(24(27)16-7-8-16)21-6-4-3-5-19(21)22(17)28-23(18)20(12-14)15(2)25/h3-6,11-12,15-16H,7-10,13H2,1-2H3. The number of carbonyl (C=O) groups is 1. The minimum absolute atomic E-state index is 0.213. The molecule has 2 aliphatic heterocycles. The topological polar surface area (TPSA) is 29.5 Å². The highest BCUT2D eigenvalue weighted by molar-refractivity contribution is 9.09. The van der Waals surface area contributed by atoms with Crippen molar-refractivity contribution >= 4 is 33.3 Å². The lowest BCUT2D eigenvalue weighted by Crippen LogP contribution is -2.33. The maximum Gasteiger partial charge on any atom is 0.230 e. The number of fused-ring (bicyclic) bond motifs is 3. The lowest BCUT2D eigenvalue weighted by molar-refractivity contribution is -0.119. The summed E-state index contributed by atoms with van der Waals surface area (Å²) in [6, 6.07) is 12.7. The van der Waals surface area contributed by atoms with Gasteiger partial charge in [-0.25, -0.2) is 0 Å². The van der Waals surface area contributed by atoms with E-state index in [-0.39, 0.29) is 16.7 Å². The van der Waals surface area contributed by atoms with Crippen molar-refractivity contribution in [1.82, 2.24) is 0 Å². The molecule has 1 aliphatic carbocycles. The first-order valence-electron chi connectivity index (χ1n) is 10.1. The van der Waals surface area contributed by atoms with Gasteiger partial charge in [0.2, 0.25) is 5.91 Å². The Hall–Kier alpha value is -2.07. The second-order valence-corrected chi connectivity index (χ2v) is 9.57. The van der Waals surface area contributed by atoms with Crippen LogP contribution in [0.5, 0.6) is 5.75 Å². The summed E-state index contributed by atoms with van der Waals surface area (Å²) in [4.78, 5) is 15.2. The van der Waals surface area contributed by atoms with Crippen LogP contribution in [0, 0.1) is 12.8 Å². The quantitative estimate of drug-likeness (QED) is 0.543. The van der Waals surface area contributed by atoms with E-state index in [2.05, 4.69) is 54.0 Å². The average Bonchev–Trinajstić information content (AvgIpc) is 3.52. The summed E-state index contributed by atoms with van der Waals surface area (Å²) in [5, 5.41) is 0. The molecule has 1 unspecified atom stereocenters. The largest absolute Gasteiger partial charge is 0.456 e. The number of hydrogen-bond acceptors (Lipinski definition) is 2. The van der Waals surface area contributed by atoms with Crippen LogP contribution in [0.4, 0.5) is 5.69 Å². The predicted molar refractivity (Wildman–Crippen MR) is 116 cm³/mol. The van der Waals surface area contributed by atoms with E-state index in [4.69, 9.17) is 4.74 Å². The van der Waals surface area contributed by atoms with Gasteiger partial charge in [-0.15, -0.1) is 0 Å². The number of para-hydroxylation sites is 1. The molecule has 0 radical (unpaired) electrons.